The fourth-order valence-corrected chi connectivity index (χ4v) is 2.37. The molecule has 0 heterocycles. The summed E-state index contributed by atoms with van der Waals surface area (Å²) in [6, 6.07) is 13.2. The third kappa shape index (κ3) is 7.04. The van der Waals surface area contributed by atoms with Gasteiger partial charge >= 0.3 is 0 Å². The Morgan fingerprint density at radius 3 is 2.19 bits per heavy atom. The molecule has 0 saturated heterocycles. The molecule has 7 nitrogen and oxygen atoms in total. The standard InChI is InChI=1S/C18H17ClN4O3S/c1-11(24)20-15-8-4-13(5-9-15)17(26)22-23-18(27)21-16(25)10-12-2-6-14(19)7-3-12/h2-9H,10H2,1H3,(H,20,24)(H,22,26)(H2,21,23,25,27). The number of thiocarbonyl (C=S) groups is 1. The number of hydrogen-bond acceptors (Lipinski definition) is 4. The number of halogens is 1. The van der Waals surface area contributed by atoms with Gasteiger partial charge in [0.2, 0.25) is 11.8 Å². The Kier molecular flexibility index (Phi) is 7.27. The van der Waals surface area contributed by atoms with Gasteiger partial charge in [0.25, 0.3) is 5.91 Å². The van der Waals surface area contributed by atoms with Gasteiger partial charge in [-0.2, -0.15) is 0 Å². The van der Waals surface area contributed by atoms with Crippen molar-refractivity contribution < 1.29 is 14.4 Å². The van der Waals surface area contributed by atoms with Crippen LogP contribution in [0.1, 0.15) is 22.8 Å². The number of carbonyl (C=O) groups is 3. The molecule has 0 spiro atoms. The van der Waals surface area contributed by atoms with E-state index in [2.05, 4.69) is 21.5 Å². The lowest BCUT2D eigenvalue weighted by Crippen LogP contribution is -2.48. The zero-order chi connectivity index (χ0) is 19.8. The first kappa shape index (κ1) is 20.3. The number of amides is 3. The van der Waals surface area contributed by atoms with Crippen LogP contribution in [-0.4, -0.2) is 22.8 Å². The quantitative estimate of drug-likeness (QED) is 0.462. The van der Waals surface area contributed by atoms with Crippen LogP contribution < -0.4 is 21.5 Å². The highest BCUT2D eigenvalue weighted by molar-refractivity contribution is 7.80. The molecule has 2 aromatic rings. The van der Waals surface area contributed by atoms with Crippen LogP contribution in [0.25, 0.3) is 0 Å². The average Bonchev–Trinajstić information content (AvgIpc) is 2.61. The molecule has 0 bridgehead atoms. The lowest BCUT2D eigenvalue weighted by Gasteiger charge is -2.11. The van der Waals surface area contributed by atoms with E-state index in [4.69, 9.17) is 23.8 Å². The number of anilines is 1. The number of rotatable bonds is 4. The molecule has 2 aromatic carbocycles. The van der Waals surface area contributed by atoms with Crippen LogP contribution in [0, 0.1) is 0 Å². The van der Waals surface area contributed by atoms with Gasteiger partial charge in [-0.3, -0.25) is 25.2 Å². The Labute approximate surface area is 166 Å². The molecule has 0 radical (unpaired) electrons. The van der Waals surface area contributed by atoms with E-state index in [1.807, 2.05) is 0 Å². The van der Waals surface area contributed by atoms with Crippen LogP contribution in [0.15, 0.2) is 48.5 Å². The lowest BCUT2D eigenvalue weighted by atomic mass is 10.1. The fraction of sp³-hybridized carbons (Fsp3) is 0.111. The third-order valence-corrected chi connectivity index (χ3v) is 3.74. The minimum atomic E-state index is -0.446. The third-order valence-electron chi connectivity index (χ3n) is 3.29. The molecule has 140 valence electrons. The van der Waals surface area contributed by atoms with Crippen LogP contribution >= 0.6 is 23.8 Å². The van der Waals surface area contributed by atoms with E-state index < -0.39 is 5.91 Å². The van der Waals surface area contributed by atoms with Crippen LogP contribution in [0.5, 0.6) is 0 Å². The molecule has 9 heteroatoms. The van der Waals surface area contributed by atoms with Gasteiger partial charge in [0, 0.05) is 23.2 Å². The first-order chi connectivity index (χ1) is 12.8. The van der Waals surface area contributed by atoms with Crippen molar-refractivity contribution in [2.75, 3.05) is 5.32 Å². The minimum Gasteiger partial charge on any atom is -0.326 e. The molecular weight excluding hydrogens is 388 g/mol. The summed E-state index contributed by atoms with van der Waals surface area (Å²) < 4.78 is 0. The molecule has 0 unspecified atom stereocenters. The van der Waals surface area contributed by atoms with Gasteiger partial charge in [0.1, 0.15) is 0 Å². The molecule has 3 amide bonds. The van der Waals surface area contributed by atoms with Gasteiger partial charge in [-0.1, -0.05) is 23.7 Å². The van der Waals surface area contributed by atoms with Crippen molar-refractivity contribution in [2.45, 2.75) is 13.3 Å². The Balaban J connectivity index is 1.78. The van der Waals surface area contributed by atoms with Gasteiger partial charge in [-0.05, 0) is 54.2 Å². The molecule has 2 rings (SSSR count). The first-order valence-corrected chi connectivity index (χ1v) is 8.64. The van der Waals surface area contributed by atoms with Crippen LogP contribution in [-0.2, 0) is 16.0 Å². The molecule has 0 fully saturated rings. The maximum Gasteiger partial charge on any atom is 0.269 e. The lowest BCUT2D eigenvalue weighted by molar-refractivity contribution is -0.119. The van der Waals surface area contributed by atoms with Crippen LogP contribution in [0.2, 0.25) is 5.02 Å². The summed E-state index contributed by atoms with van der Waals surface area (Å²) in [7, 11) is 0. The van der Waals surface area contributed by atoms with E-state index >= 15 is 0 Å². The average molecular weight is 405 g/mol. The van der Waals surface area contributed by atoms with E-state index in [9.17, 15) is 14.4 Å². The molecule has 0 atom stereocenters. The topological polar surface area (TPSA) is 99.3 Å². The normalized spacial score (nSPS) is 9.85. The van der Waals surface area contributed by atoms with Crippen LogP contribution in [0.4, 0.5) is 5.69 Å². The predicted octanol–water partition coefficient (Wildman–Crippen LogP) is 2.18. The number of benzene rings is 2. The molecule has 27 heavy (non-hydrogen) atoms. The molecule has 0 aliphatic heterocycles. The summed E-state index contributed by atoms with van der Waals surface area (Å²) in [4.78, 5) is 34.9. The minimum absolute atomic E-state index is 0.0304. The number of nitrogens with one attached hydrogen (secondary N) is 4. The molecule has 0 aliphatic carbocycles. The van der Waals surface area contributed by atoms with Crippen LogP contribution in [0.3, 0.4) is 0 Å². The van der Waals surface area contributed by atoms with E-state index in [-0.39, 0.29) is 23.3 Å². The molecule has 4 N–H and O–H groups in total. The van der Waals surface area contributed by atoms with Gasteiger partial charge in [0.05, 0.1) is 6.42 Å². The maximum atomic E-state index is 12.0. The Hall–Kier alpha value is -2.97. The molecule has 0 aliphatic rings. The van der Waals surface area contributed by atoms with Crippen molar-refractivity contribution in [3.8, 4) is 0 Å². The highest BCUT2D eigenvalue weighted by Gasteiger charge is 2.09. The van der Waals surface area contributed by atoms with Crippen molar-refractivity contribution in [1.29, 1.82) is 0 Å². The predicted molar refractivity (Wildman–Crippen MR) is 107 cm³/mol. The monoisotopic (exact) mass is 404 g/mol. The van der Waals surface area contributed by atoms with E-state index in [0.29, 0.717) is 16.3 Å². The highest BCUT2D eigenvalue weighted by Crippen LogP contribution is 2.10. The summed E-state index contributed by atoms with van der Waals surface area (Å²) in [6.07, 6.45) is 0.123. The summed E-state index contributed by atoms with van der Waals surface area (Å²) in [6.45, 7) is 1.40. The van der Waals surface area contributed by atoms with Gasteiger partial charge < -0.3 is 10.6 Å². The number of carbonyl (C=O) groups excluding carboxylic acids is 3. The van der Waals surface area contributed by atoms with E-state index in [1.165, 1.54) is 6.92 Å². The second kappa shape index (κ2) is 9.65. The summed E-state index contributed by atoms with van der Waals surface area (Å²) >= 11 is 10.8. The van der Waals surface area contributed by atoms with Crippen molar-refractivity contribution in [3.05, 3.63) is 64.7 Å². The SMILES string of the molecule is CC(=O)Nc1ccc(C(=O)NNC(=S)NC(=O)Cc2ccc(Cl)cc2)cc1. The van der Waals surface area contributed by atoms with E-state index in [1.54, 1.807) is 48.5 Å². The number of hydrogen-bond donors (Lipinski definition) is 4. The zero-order valence-corrected chi connectivity index (χ0v) is 15.9. The second-order valence-electron chi connectivity index (χ2n) is 5.52. The molecular formula is C18H17ClN4O3S. The number of hydrazine groups is 1. The van der Waals surface area contributed by atoms with Gasteiger partial charge in [-0.15, -0.1) is 0 Å². The van der Waals surface area contributed by atoms with Crippen molar-refractivity contribution in [2.24, 2.45) is 0 Å². The van der Waals surface area contributed by atoms with Gasteiger partial charge in [-0.25, -0.2) is 0 Å². The smallest absolute Gasteiger partial charge is 0.269 e. The Morgan fingerprint density at radius 1 is 0.963 bits per heavy atom. The summed E-state index contributed by atoms with van der Waals surface area (Å²) in [5.41, 5.74) is 6.56. The Bertz CT molecular complexity index is 854. The Morgan fingerprint density at radius 2 is 1.59 bits per heavy atom. The van der Waals surface area contributed by atoms with Crippen molar-refractivity contribution in [3.63, 3.8) is 0 Å². The zero-order valence-electron chi connectivity index (χ0n) is 14.3. The van der Waals surface area contributed by atoms with Crippen molar-refractivity contribution >= 4 is 52.3 Å². The first-order valence-electron chi connectivity index (χ1n) is 7.86. The highest BCUT2D eigenvalue weighted by atomic mass is 35.5. The second-order valence-corrected chi connectivity index (χ2v) is 6.36. The van der Waals surface area contributed by atoms with E-state index in [0.717, 1.165) is 5.56 Å². The van der Waals surface area contributed by atoms with Crippen molar-refractivity contribution in [1.82, 2.24) is 16.2 Å². The largest absolute Gasteiger partial charge is 0.326 e. The van der Waals surface area contributed by atoms with Gasteiger partial charge in [0.15, 0.2) is 5.11 Å². The molecule has 0 aromatic heterocycles. The summed E-state index contributed by atoms with van der Waals surface area (Å²) in [5.74, 6) is -0.976. The fourth-order valence-electron chi connectivity index (χ4n) is 2.08. The molecule has 0 saturated carbocycles. The maximum absolute atomic E-state index is 12.0. The summed E-state index contributed by atoms with van der Waals surface area (Å²) in [5, 5.41) is 5.63.